The quantitative estimate of drug-likeness (QED) is 0.629. The number of hydrogen-bond donors (Lipinski definition) is 1. The molecule has 2 rings (SSSR count). The van der Waals surface area contributed by atoms with Crippen LogP contribution in [0.4, 0.5) is 5.69 Å². The fraction of sp³-hybridized carbons (Fsp3) is 0.538. The summed E-state index contributed by atoms with van der Waals surface area (Å²) in [7, 11) is 0. The van der Waals surface area contributed by atoms with E-state index in [0.29, 0.717) is 6.04 Å². The molecule has 1 aromatic carbocycles. The van der Waals surface area contributed by atoms with Crippen molar-refractivity contribution in [3.63, 3.8) is 0 Å². The lowest BCUT2D eigenvalue weighted by molar-refractivity contribution is -0.384. The van der Waals surface area contributed by atoms with E-state index in [4.69, 9.17) is 0 Å². The minimum Gasteiger partial charge on any atom is -0.307 e. The molecule has 1 aliphatic rings. The van der Waals surface area contributed by atoms with E-state index in [-0.39, 0.29) is 16.7 Å². The molecule has 0 aromatic heterocycles. The highest BCUT2D eigenvalue weighted by molar-refractivity contribution is 5.35. The molecule has 3 unspecified atom stereocenters. The first-order valence-corrected chi connectivity index (χ1v) is 6.12. The van der Waals surface area contributed by atoms with Gasteiger partial charge in [-0.25, -0.2) is 0 Å². The minimum atomic E-state index is -0.337. The van der Waals surface area contributed by atoms with Crippen molar-refractivity contribution >= 4 is 5.69 Å². The zero-order valence-corrected chi connectivity index (χ0v) is 10.2. The van der Waals surface area contributed by atoms with Crippen LogP contribution in [-0.2, 0) is 0 Å². The number of rotatable bonds is 5. The molecule has 0 aliphatic heterocycles. The summed E-state index contributed by atoms with van der Waals surface area (Å²) in [6.07, 6.45) is 2.16. The van der Waals surface area contributed by atoms with Crippen molar-refractivity contribution in [1.29, 1.82) is 0 Å². The van der Waals surface area contributed by atoms with Crippen LogP contribution in [0.2, 0.25) is 0 Å². The predicted molar refractivity (Wildman–Crippen MR) is 66.8 cm³/mol. The standard InChI is InChI=1S/C13H18N2O2/c1-3-12(14-13-7-9(13)2)10-5-4-6-11(8-10)15(16)17/h4-6,8-9,12-14H,3,7H2,1-2H3. The number of nitro groups is 1. The summed E-state index contributed by atoms with van der Waals surface area (Å²) in [5.41, 5.74) is 1.19. The summed E-state index contributed by atoms with van der Waals surface area (Å²) in [5, 5.41) is 14.3. The van der Waals surface area contributed by atoms with Gasteiger partial charge in [-0.3, -0.25) is 10.1 Å². The first-order valence-electron chi connectivity index (χ1n) is 6.12. The third-order valence-electron chi connectivity index (χ3n) is 3.42. The lowest BCUT2D eigenvalue weighted by atomic mass is 10.0. The fourth-order valence-electron chi connectivity index (χ4n) is 2.12. The van der Waals surface area contributed by atoms with Crippen LogP contribution in [0.25, 0.3) is 0 Å². The Morgan fingerprint density at radius 1 is 1.59 bits per heavy atom. The maximum atomic E-state index is 10.7. The van der Waals surface area contributed by atoms with Gasteiger partial charge in [0.25, 0.3) is 5.69 Å². The normalized spacial score (nSPS) is 24.4. The van der Waals surface area contributed by atoms with Crippen molar-refractivity contribution in [1.82, 2.24) is 5.32 Å². The zero-order chi connectivity index (χ0) is 12.4. The summed E-state index contributed by atoms with van der Waals surface area (Å²) in [4.78, 5) is 10.4. The molecule has 17 heavy (non-hydrogen) atoms. The second-order valence-corrected chi connectivity index (χ2v) is 4.80. The second-order valence-electron chi connectivity index (χ2n) is 4.80. The van der Waals surface area contributed by atoms with Gasteiger partial charge in [-0.05, 0) is 24.3 Å². The van der Waals surface area contributed by atoms with Crippen molar-refractivity contribution in [2.24, 2.45) is 5.92 Å². The van der Waals surface area contributed by atoms with E-state index in [9.17, 15) is 10.1 Å². The van der Waals surface area contributed by atoms with E-state index < -0.39 is 0 Å². The largest absolute Gasteiger partial charge is 0.307 e. The second kappa shape index (κ2) is 4.84. The molecule has 1 saturated carbocycles. The monoisotopic (exact) mass is 234 g/mol. The molecule has 4 nitrogen and oxygen atoms in total. The minimum absolute atomic E-state index is 0.173. The Kier molecular flexibility index (Phi) is 3.43. The molecule has 1 aromatic rings. The smallest absolute Gasteiger partial charge is 0.269 e. The van der Waals surface area contributed by atoms with Gasteiger partial charge in [-0.1, -0.05) is 26.0 Å². The molecule has 0 radical (unpaired) electrons. The van der Waals surface area contributed by atoms with Crippen LogP contribution in [0.15, 0.2) is 24.3 Å². The van der Waals surface area contributed by atoms with Crippen LogP contribution in [0.1, 0.15) is 38.3 Å². The fourth-order valence-corrected chi connectivity index (χ4v) is 2.12. The van der Waals surface area contributed by atoms with Crippen LogP contribution in [-0.4, -0.2) is 11.0 Å². The van der Waals surface area contributed by atoms with Crippen LogP contribution in [0, 0.1) is 16.0 Å². The third kappa shape index (κ3) is 2.82. The zero-order valence-electron chi connectivity index (χ0n) is 10.2. The van der Waals surface area contributed by atoms with Gasteiger partial charge in [0.15, 0.2) is 0 Å². The number of nitro benzene ring substituents is 1. The van der Waals surface area contributed by atoms with Gasteiger partial charge in [-0.2, -0.15) is 0 Å². The molecule has 4 heteroatoms. The Morgan fingerprint density at radius 2 is 2.29 bits per heavy atom. The number of non-ortho nitro benzene ring substituents is 1. The lowest BCUT2D eigenvalue weighted by Crippen LogP contribution is -2.24. The van der Waals surface area contributed by atoms with Crippen molar-refractivity contribution in [3.05, 3.63) is 39.9 Å². The Hall–Kier alpha value is -1.42. The Labute approximate surface area is 101 Å². The summed E-state index contributed by atoms with van der Waals surface area (Å²) >= 11 is 0. The molecule has 1 fully saturated rings. The maximum absolute atomic E-state index is 10.7. The first-order chi connectivity index (χ1) is 8.11. The van der Waals surface area contributed by atoms with E-state index in [1.165, 1.54) is 12.5 Å². The summed E-state index contributed by atoms with van der Waals surface area (Å²) in [6, 6.07) is 7.74. The molecule has 0 bridgehead atoms. The Bertz CT molecular complexity index is 420. The number of nitrogens with one attached hydrogen (secondary N) is 1. The van der Waals surface area contributed by atoms with Gasteiger partial charge < -0.3 is 5.32 Å². The Balaban J connectivity index is 2.12. The number of hydrogen-bond acceptors (Lipinski definition) is 3. The molecule has 0 amide bonds. The van der Waals surface area contributed by atoms with E-state index in [0.717, 1.165) is 17.9 Å². The van der Waals surface area contributed by atoms with Gasteiger partial charge in [0.05, 0.1) is 4.92 Å². The first kappa shape index (κ1) is 12.0. The molecule has 1 aliphatic carbocycles. The number of benzene rings is 1. The SMILES string of the molecule is CCC(NC1CC1C)c1cccc([N+](=O)[O-])c1. The molecule has 3 atom stereocenters. The highest BCUT2D eigenvalue weighted by atomic mass is 16.6. The summed E-state index contributed by atoms with van der Waals surface area (Å²) in [6.45, 7) is 4.32. The van der Waals surface area contributed by atoms with Crippen molar-refractivity contribution in [2.75, 3.05) is 0 Å². The summed E-state index contributed by atoms with van der Waals surface area (Å²) in [5.74, 6) is 0.739. The highest BCUT2D eigenvalue weighted by Crippen LogP contribution is 2.33. The van der Waals surface area contributed by atoms with Crippen molar-refractivity contribution < 1.29 is 4.92 Å². The van der Waals surface area contributed by atoms with E-state index in [2.05, 4.69) is 19.2 Å². The molecule has 0 spiro atoms. The van der Waals surface area contributed by atoms with Gasteiger partial charge in [0.1, 0.15) is 0 Å². The van der Waals surface area contributed by atoms with E-state index >= 15 is 0 Å². The predicted octanol–water partition coefficient (Wildman–Crippen LogP) is 3.04. The number of nitrogens with zero attached hydrogens (tertiary/aromatic N) is 1. The Morgan fingerprint density at radius 3 is 2.82 bits per heavy atom. The van der Waals surface area contributed by atoms with E-state index in [1.54, 1.807) is 12.1 Å². The van der Waals surface area contributed by atoms with Crippen LogP contribution >= 0.6 is 0 Å². The molecule has 0 saturated heterocycles. The average molecular weight is 234 g/mol. The average Bonchev–Trinajstić information content (AvgIpc) is 3.02. The lowest BCUT2D eigenvalue weighted by Gasteiger charge is -2.17. The van der Waals surface area contributed by atoms with Crippen molar-refractivity contribution in [2.45, 2.75) is 38.8 Å². The maximum Gasteiger partial charge on any atom is 0.269 e. The van der Waals surface area contributed by atoms with Gasteiger partial charge in [-0.15, -0.1) is 0 Å². The van der Waals surface area contributed by atoms with Gasteiger partial charge in [0.2, 0.25) is 0 Å². The van der Waals surface area contributed by atoms with Gasteiger partial charge in [0, 0.05) is 24.2 Å². The molecule has 1 N–H and O–H groups in total. The highest BCUT2D eigenvalue weighted by Gasteiger charge is 2.34. The molecule has 92 valence electrons. The molecular formula is C13H18N2O2. The third-order valence-corrected chi connectivity index (χ3v) is 3.42. The molecular weight excluding hydrogens is 216 g/mol. The topological polar surface area (TPSA) is 55.2 Å². The van der Waals surface area contributed by atoms with E-state index in [1.807, 2.05) is 6.07 Å². The van der Waals surface area contributed by atoms with Crippen molar-refractivity contribution in [3.8, 4) is 0 Å². The van der Waals surface area contributed by atoms with Crippen LogP contribution in [0.5, 0.6) is 0 Å². The van der Waals surface area contributed by atoms with Crippen LogP contribution in [0.3, 0.4) is 0 Å². The molecule has 0 heterocycles. The van der Waals surface area contributed by atoms with Crippen LogP contribution < -0.4 is 5.32 Å². The summed E-state index contributed by atoms with van der Waals surface area (Å²) < 4.78 is 0. The van der Waals surface area contributed by atoms with Gasteiger partial charge >= 0.3 is 0 Å².